The number of aromatic amines is 1. The van der Waals surface area contributed by atoms with Crippen molar-refractivity contribution >= 4 is 11.8 Å². The maximum atomic E-state index is 11.6. The highest BCUT2D eigenvalue weighted by Crippen LogP contribution is 2.19. The smallest absolute Gasteiger partial charge is 0.252 e. The van der Waals surface area contributed by atoms with Crippen LogP contribution in [0.4, 0.5) is 0 Å². The van der Waals surface area contributed by atoms with E-state index in [1.165, 1.54) is 0 Å². The Morgan fingerprint density at radius 2 is 2.06 bits per heavy atom. The highest BCUT2D eigenvalue weighted by Gasteiger charge is 2.03. The summed E-state index contributed by atoms with van der Waals surface area (Å²) >= 11 is 1.60. The molecule has 4 heteroatoms. The van der Waals surface area contributed by atoms with E-state index in [1.54, 1.807) is 17.8 Å². The molecule has 0 bridgehead atoms. The van der Waals surface area contributed by atoms with Crippen molar-refractivity contribution in [1.29, 1.82) is 0 Å². The van der Waals surface area contributed by atoms with Crippen molar-refractivity contribution in [3.05, 3.63) is 46.8 Å². The van der Waals surface area contributed by atoms with Crippen LogP contribution in [0.15, 0.2) is 46.3 Å². The average Bonchev–Trinajstić information content (AvgIpc) is 2.39. The van der Waals surface area contributed by atoms with Crippen LogP contribution in [-0.2, 0) is 0 Å². The van der Waals surface area contributed by atoms with E-state index in [0.717, 1.165) is 29.9 Å². The van der Waals surface area contributed by atoms with E-state index in [9.17, 15) is 4.79 Å². The van der Waals surface area contributed by atoms with Gasteiger partial charge in [0.25, 0.3) is 5.56 Å². The fourth-order valence-electron chi connectivity index (χ4n) is 1.57. The van der Waals surface area contributed by atoms with Gasteiger partial charge in [0.2, 0.25) is 0 Å². The molecule has 1 aromatic heterocycles. The number of hydrogen-bond donors (Lipinski definition) is 1. The predicted molar refractivity (Wildman–Crippen MR) is 75.9 cm³/mol. The summed E-state index contributed by atoms with van der Waals surface area (Å²) < 4.78 is 0. The van der Waals surface area contributed by atoms with Crippen molar-refractivity contribution < 1.29 is 0 Å². The van der Waals surface area contributed by atoms with Gasteiger partial charge >= 0.3 is 0 Å². The highest BCUT2D eigenvalue weighted by atomic mass is 32.2. The second-order valence-electron chi connectivity index (χ2n) is 4.00. The molecule has 0 radical (unpaired) electrons. The largest absolute Gasteiger partial charge is 0.301 e. The van der Waals surface area contributed by atoms with Crippen LogP contribution in [0.5, 0.6) is 0 Å². The van der Waals surface area contributed by atoms with Gasteiger partial charge in [-0.15, -0.1) is 0 Å². The molecular weight excluding hydrogens is 244 g/mol. The average molecular weight is 260 g/mol. The molecule has 0 saturated carbocycles. The topological polar surface area (TPSA) is 45.8 Å². The fraction of sp³-hybridized carbons (Fsp3) is 0.286. The van der Waals surface area contributed by atoms with Gasteiger partial charge in [0.05, 0.1) is 5.69 Å². The van der Waals surface area contributed by atoms with Gasteiger partial charge in [-0.25, -0.2) is 4.98 Å². The normalized spacial score (nSPS) is 10.5. The van der Waals surface area contributed by atoms with E-state index in [-0.39, 0.29) is 5.56 Å². The minimum Gasteiger partial charge on any atom is -0.301 e. The molecule has 1 N–H and O–H groups in total. The second kappa shape index (κ2) is 6.40. The number of rotatable bonds is 5. The third-order valence-corrected chi connectivity index (χ3v) is 3.49. The van der Waals surface area contributed by atoms with E-state index in [1.807, 2.05) is 30.3 Å². The van der Waals surface area contributed by atoms with E-state index < -0.39 is 0 Å². The van der Waals surface area contributed by atoms with Gasteiger partial charge in [-0.3, -0.25) is 4.79 Å². The Morgan fingerprint density at radius 3 is 2.78 bits per heavy atom. The van der Waals surface area contributed by atoms with Crippen molar-refractivity contribution in [3.8, 4) is 11.3 Å². The summed E-state index contributed by atoms with van der Waals surface area (Å²) in [5, 5.41) is 0.704. The van der Waals surface area contributed by atoms with Gasteiger partial charge in [-0.05, 0) is 6.42 Å². The van der Waals surface area contributed by atoms with Gasteiger partial charge in [0.15, 0.2) is 5.16 Å². The number of hydrogen-bond acceptors (Lipinski definition) is 3. The lowest BCUT2D eigenvalue weighted by Crippen LogP contribution is -2.08. The molecule has 1 aromatic carbocycles. The van der Waals surface area contributed by atoms with Crippen molar-refractivity contribution in [2.45, 2.75) is 24.9 Å². The molecular formula is C14H16N2OS. The first-order valence-corrected chi connectivity index (χ1v) is 7.07. The minimum atomic E-state index is -0.0946. The van der Waals surface area contributed by atoms with Crippen LogP contribution < -0.4 is 5.56 Å². The Balaban J connectivity index is 2.24. The Morgan fingerprint density at radius 1 is 1.28 bits per heavy atom. The van der Waals surface area contributed by atoms with Crippen molar-refractivity contribution in [2.24, 2.45) is 0 Å². The zero-order chi connectivity index (χ0) is 12.8. The number of benzene rings is 1. The number of thioether (sulfide) groups is 1. The molecule has 0 spiro atoms. The quantitative estimate of drug-likeness (QED) is 0.509. The van der Waals surface area contributed by atoms with Gasteiger partial charge in [-0.1, -0.05) is 55.4 Å². The predicted octanol–water partition coefficient (Wildman–Crippen LogP) is 3.33. The van der Waals surface area contributed by atoms with Crippen LogP contribution >= 0.6 is 11.8 Å². The van der Waals surface area contributed by atoms with E-state index in [2.05, 4.69) is 16.9 Å². The minimum absolute atomic E-state index is 0.0946. The molecule has 2 rings (SSSR count). The maximum Gasteiger partial charge on any atom is 0.252 e. The van der Waals surface area contributed by atoms with Crippen LogP contribution in [0.2, 0.25) is 0 Å². The molecule has 3 nitrogen and oxygen atoms in total. The Kier molecular flexibility index (Phi) is 4.59. The molecule has 2 aromatic rings. The molecule has 0 aliphatic rings. The molecule has 0 amide bonds. The summed E-state index contributed by atoms with van der Waals surface area (Å²) in [6.07, 6.45) is 2.28. The lowest BCUT2D eigenvalue weighted by atomic mass is 10.1. The molecule has 0 aliphatic heterocycles. The van der Waals surface area contributed by atoms with Crippen LogP contribution in [-0.4, -0.2) is 15.7 Å². The molecule has 1 heterocycles. The monoisotopic (exact) mass is 260 g/mol. The Bertz CT molecular complexity index is 551. The summed E-state index contributed by atoms with van der Waals surface area (Å²) in [5.41, 5.74) is 1.61. The van der Waals surface area contributed by atoms with Gasteiger partial charge < -0.3 is 4.98 Å². The third kappa shape index (κ3) is 3.47. The fourth-order valence-corrected chi connectivity index (χ4v) is 2.54. The van der Waals surface area contributed by atoms with Crippen molar-refractivity contribution in [1.82, 2.24) is 9.97 Å². The van der Waals surface area contributed by atoms with Crippen LogP contribution in [0.1, 0.15) is 19.8 Å². The lowest BCUT2D eigenvalue weighted by molar-refractivity contribution is 0.885. The zero-order valence-corrected chi connectivity index (χ0v) is 11.2. The van der Waals surface area contributed by atoms with E-state index >= 15 is 0 Å². The standard InChI is InChI=1S/C14H16N2OS/c1-2-3-9-18-14-15-12(10-13(17)16-14)11-7-5-4-6-8-11/h4-8,10H,2-3,9H2,1H3,(H,15,16,17). The summed E-state index contributed by atoms with van der Waals surface area (Å²) in [6.45, 7) is 2.15. The first-order chi connectivity index (χ1) is 8.79. The van der Waals surface area contributed by atoms with Gasteiger partial charge in [0.1, 0.15) is 0 Å². The number of unbranched alkanes of at least 4 members (excludes halogenated alkanes) is 1. The van der Waals surface area contributed by atoms with Crippen LogP contribution in [0, 0.1) is 0 Å². The molecule has 0 atom stereocenters. The molecule has 18 heavy (non-hydrogen) atoms. The van der Waals surface area contributed by atoms with E-state index in [0.29, 0.717) is 5.16 Å². The van der Waals surface area contributed by atoms with Crippen molar-refractivity contribution in [2.75, 3.05) is 5.75 Å². The van der Waals surface area contributed by atoms with E-state index in [4.69, 9.17) is 0 Å². The van der Waals surface area contributed by atoms with Crippen LogP contribution in [0.25, 0.3) is 11.3 Å². The SMILES string of the molecule is CCCCSc1nc(-c2ccccc2)cc(=O)[nH]1. The van der Waals surface area contributed by atoms with Gasteiger partial charge in [-0.2, -0.15) is 0 Å². The summed E-state index contributed by atoms with van der Waals surface area (Å²) in [7, 11) is 0. The first-order valence-electron chi connectivity index (χ1n) is 6.09. The summed E-state index contributed by atoms with van der Waals surface area (Å²) in [4.78, 5) is 18.9. The number of nitrogens with zero attached hydrogens (tertiary/aromatic N) is 1. The van der Waals surface area contributed by atoms with Crippen LogP contribution in [0.3, 0.4) is 0 Å². The highest BCUT2D eigenvalue weighted by molar-refractivity contribution is 7.99. The molecule has 94 valence electrons. The number of aromatic nitrogens is 2. The molecule has 0 unspecified atom stereocenters. The zero-order valence-electron chi connectivity index (χ0n) is 10.3. The van der Waals surface area contributed by atoms with Gasteiger partial charge in [0, 0.05) is 17.4 Å². The molecule has 0 fully saturated rings. The number of H-pyrrole nitrogens is 1. The Labute approximate surface area is 111 Å². The lowest BCUT2D eigenvalue weighted by Gasteiger charge is -2.03. The molecule has 0 saturated heterocycles. The molecule has 0 aliphatic carbocycles. The summed E-state index contributed by atoms with van der Waals surface area (Å²) in [6, 6.07) is 11.3. The van der Waals surface area contributed by atoms with Crippen molar-refractivity contribution in [3.63, 3.8) is 0 Å². The maximum absolute atomic E-state index is 11.6. The number of nitrogens with one attached hydrogen (secondary N) is 1. The third-order valence-electron chi connectivity index (χ3n) is 2.53. The second-order valence-corrected chi connectivity index (χ2v) is 5.09. The summed E-state index contributed by atoms with van der Waals surface area (Å²) in [5.74, 6) is 0.984. The Hall–Kier alpha value is -1.55. The first kappa shape index (κ1) is 12.9.